The third kappa shape index (κ3) is 4.30. The van der Waals surface area contributed by atoms with Crippen molar-refractivity contribution >= 4 is 17.6 Å². The van der Waals surface area contributed by atoms with E-state index in [1.165, 1.54) is 6.20 Å². The maximum Gasteiger partial charge on any atom is 0.309 e. The summed E-state index contributed by atoms with van der Waals surface area (Å²) < 4.78 is 5.52. The van der Waals surface area contributed by atoms with Crippen LogP contribution in [0.2, 0.25) is 5.02 Å². The number of carboxylic acid groups (broad SMARTS) is 1. The molecule has 1 aromatic heterocycles. The van der Waals surface area contributed by atoms with Crippen LogP contribution in [0.3, 0.4) is 0 Å². The van der Waals surface area contributed by atoms with Crippen molar-refractivity contribution in [1.29, 1.82) is 0 Å². The number of hydrogen-bond acceptors (Lipinski definition) is 3. The van der Waals surface area contributed by atoms with Crippen molar-refractivity contribution in [3.8, 4) is 5.75 Å². The fraction of sp³-hybridized carbons (Fsp3) is 0.231. The second-order valence-electron chi connectivity index (χ2n) is 3.98. The van der Waals surface area contributed by atoms with Gasteiger partial charge in [0.15, 0.2) is 0 Å². The van der Waals surface area contributed by atoms with Crippen molar-refractivity contribution in [2.45, 2.75) is 12.8 Å². The molecule has 0 bridgehead atoms. The number of benzene rings is 1. The lowest BCUT2D eigenvalue weighted by molar-refractivity contribution is -0.136. The van der Waals surface area contributed by atoms with Crippen molar-refractivity contribution in [2.75, 3.05) is 6.61 Å². The molecule has 100 valence electrons. The van der Waals surface area contributed by atoms with Crippen LogP contribution in [-0.2, 0) is 17.6 Å². The number of nitrogens with one attached hydrogen (secondary N) is 1. The zero-order valence-electron chi connectivity index (χ0n) is 10.1. The van der Waals surface area contributed by atoms with Crippen LogP contribution in [0.15, 0.2) is 30.5 Å². The first-order valence-corrected chi connectivity index (χ1v) is 6.14. The van der Waals surface area contributed by atoms with E-state index < -0.39 is 5.97 Å². The summed E-state index contributed by atoms with van der Waals surface area (Å²) in [7, 11) is 0. The molecule has 2 aromatic rings. The molecule has 2 rings (SSSR count). The third-order valence-electron chi connectivity index (χ3n) is 2.44. The Kier molecular flexibility index (Phi) is 4.41. The number of aliphatic carboxylic acids is 1. The Morgan fingerprint density at radius 2 is 2.11 bits per heavy atom. The molecule has 1 aromatic carbocycles. The van der Waals surface area contributed by atoms with Gasteiger partial charge in [0.05, 0.1) is 13.0 Å². The van der Waals surface area contributed by atoms with Crippen LogP contribution in [0.4, 0.5) is 0 Å². The van der Waals surface area contributed by atoms with Gasteiger partial charge in [-0.25, -0.2) is 4.98 Å². The van der Waals surface area contributed by atoms with Gasteiger partial charge < -0.3 is 14.8 Å². The van der Waals surface area contributed by atoms with Gasteiger partial charge in [0.2, 0.25) is 0 Å². The van der Waals surface area contributed by atoms with Gasteiger partial charge in [-0.3, -0.25) is 4.79 Å². The summed E-state index contributed by atoms with van der Waals surface area (Å²) in [6.45, 7) is 0.460. The highest BCUT2D eigenvalue weighted by Gasteiger charge is 2.05. The number of hydrogen-bond donors (Lipinski definition) is 2. The molecule has 5 nitrogen and oxygen atoms in total. The summed E-state index contributed by atoms with van der Waals surface area (Å²) in [6.07, 6.45) is 2.07. The van der Waals surface area contributed by atoms with E-state index >= 15 is 0 Å². The summed E-state index contributed by atoms with van der Waals surface area (Å²) in [5, 5.41) is 9.30. The Morgan fingerprint density at radius 3 is 2.79 bits per heavy atom. The molecule has 0 aliphatic carbocycles. The summed E-state index contributed by atoms with van der Waals surface area (Å²) in [5.41, 5.74) is 0.592. The predicted octanol–water partition coefficient (Wildman–Crippen LogP) is 2.31. The van der Waals surface area contributed by atoms with E-state index in [1.807, 2.05) is 0 Å². The van der Waals surface area contributed by atoms with E-state index in [4.69, 9.17) is 21.4 Å². The zero-order chi connectivity index (χ0) is 13.7. The number of ether oxygens (including phenoxy) is 1. The number of carboxylic acids is 1. The number of nitrogens with zero attached hydrogens (tertiary/aromatic N) is 1. The SMILES string of the molecule is O=C(O)Cc1cnc(CCOc2ccc(Cl)cc2)[nH]1. The highest BCUT2D eigenvalue weighted by Crippen LogP contribution is 2.15. The largest absolute Gasteiger partial charge is 0.493 e. The number of carbonyl (C=O) groups is 1. The predicted molar refractivity (Wildman–Crippen MR) is 70.6 cm³/mol. The molecular formula is C13H13ClN2O3. The van der Waals surface area contributed by atoms with Gasteiger partial charge in [-0.15, -0.1) is 0 Å². The van der Waals surface area contributed by atoms with E-state index in [1.54, 1.807) is 24.3 Å². The average Bonchev–Trinajstić information content (AvgIpc) is 2.78. The fourth-order valence-corrected chi connectivity index (χ4v) is 1.71. The number of H-pyrrole nitrogens is 1. The molecule has 2 N–H and O–H groups in total. The van der Waals surface area contributed by atoms with Crippen LogP contribution in [0.25, 0.3) is 0 Å². The lowest BCUT2D eigenvalue weighted by Gasteiger charge is -2.04. The summed E-state index contributed by atoms with van der Waals surface area (Å²) in [4.78, 5) is 17.6. The highest BCUT2D eigenvalue weighted by atomic mass is 35.5. The van der Waals surface area contributed by atoms with Crippen LogP contribution in [-0.4, -0.2) is 27.7 Å². The van der Waals surface area contributed by atoms with E-state index in [0.29, 0.717) is 29.6 Å². The van der Waals surface area contributed by atoms with E-state index in [-0.39, 0.29) is 6.42 Å². The first-order valence-electron chi connectivity index (χ1n) is 5.76. The molecule has 0 radical (unpaired) electrons. The van der Waals surface area contributed by atoms with Gasteiger partial charge in [-0.05, 0) is 24.3 Å². The second-order valence-corrected chi connectivity index (χ2v) is 4.41. The Hall–Kier alpha value is -2.01. The number of aromatic amines is 1. The second kappa shape index (κ2) is 6.24. The number of imidazole rings is 1. The molecule has 0 saturated heterocycles. The number of aromatic nitrogens is 2. The smallest absolute Gasteiger partial charge is 0.309 e. The minimum Gasteiger partial charge on any atom is -0.493 e. The Morgan fingerprint density at radius 1 is 1.37 bits per heavy atom. The summed E-state index contributed by atoms with van der Waals surface area (Å²) in [5.74, 6) is 0.569. The van der Waals surface area contributed by atoms with Crippen molar-refractivity contribution < 1.29 is 14.6 Å². The van der Waals surface area contributed by atoms with E-state index in [2.05, 4.69) is 9.97 Å². The molecule has 1 heterocycles. The maximum absolute atomic E-state index is 10.5. The Bertz CT molecular complexity index is 551. The van der Waals surface area contributed by atoms with E-state index in [9.17, 15) is 4.79 Å². The lowest BCUT2D eigenvalue weighted by atomic mass is 10.3. The van der Waals surface area contributed by atoms with Crippen LogP contribution in [0.1, 0.15) is 11.5 Å². The van der Waals surface area contributed by atoms with Crippen LogP contribution >= 0.6 is 11.6 Å². The van der Waals surface area contributed by atoms with Gasteiger partial charge in [0.25, 0.3) is 0 Å². The van der Waals surface area contributed by atoms with Gasteiger partial charge >= 0.3 is 5.97 Å². The molecule has 19 heavy (non-hydrogen) atoms. The van der Waals surface area contributed by atoms with Crippen LogP contribution in [0.5, 0.6) is 5.75 Å². The van der Waals surface area contributed by atoms with Gasteiger partial charge in [0.1, 0.15) is 11.6 Å². The topological polar surface area (TPSA) is 75.2 Å². The zero-order valence-corrected chi connectivity index (χ0v) is 10.9. The van der Waals surface area contributed by atoms with Crippen molar-refractivity contribution in [3.05, 3.63) is 47.0 Å². The third-order valence-corrected chi connectivity index (χ3v) is 2.70. The van der Waals surface area contributed by atoms with Crippen LogP contribution in [0, 0.1) is 0 Å². The summed E-state index contributed by atoms with van der Waals surface area (Å²) >= 11 is 5.77. The van der Waals surface area contributed by atoms with Crippen molar-refractivity contribution in [3.63, 3.8) is 0 Å². The minimum atomic E-state index is -0.882. The first-order chi connectivity index (χ1) is 9.13. The van der Waals surface area contributed by atoms with Gasteiger partial charge in [-0.1, -0.05) is 11.6 Å². The van der Waals surface area contributed by atoms with Crippen molar-refractivity contribution in [1.82, 2.24) is 9.97 Å². The number of halogens is 1. The number of rotatable bonds is 6. The van der Waals surface area contributed by atoms with Gasteiger partial charge in [0, 0.05) is 23.3 Å². The lowest BCUT2D eigenvalue weighted by Crippen LogP contribution is -2.03. The molecule has 0 amide bonds. The molecule has 0 aliphatic rings. The fourth-order valence-electron chi connectivity index (χ4n) is 1.58. The average molecular weight is 281 g/mol. The molecule has 0 unspecified atom stereocenters. The molecule has 0 spiro atoms. The minimum absolute atomic E-state index is 0.0506. The molecule has 0 saturated carbocycles. The maximum atomic E-state index is 10.5. The molecule has 0 aliphatic heterocycles. The molecule has 6 heteroatoms. The van der Waals surface area contributed by atoms with Gasteiger partial charge in [-0.2, -0.15) is 0 Å². The van der Waals surface area contributed by atoms with E-state index in [0.717, 1.165) is 5.75 Å². The standard InChI is InChI=1S/C13H13ClN2O3/c14-9-1-3-11(4-2-9)19-6-5-12-15-8-10(16-12)7-13(17)18/h1-4,8H,5-7H2,(H,15,16)(H,17,18). The monoisotopic (exact) mass is 280 g/mol. The Labute approximate surface area is 115 Å². The molecule has 0 fully saturated rings. The Balaban J connectivity index is 1.80. The highest BCUT2D eigenvalue weighted by molar-refractivity contribution is 6.30. The normalized spacial score (nSPS) is 10.4. The van der Waals surface area contributed by atoms with Crippen molar-refractivity contribution in [2.24, 2.45) is 0 Å². The van der Waals surface area contributed by atoms with Crippen LogP contribution < -0.4 is 4.74 Å². The summed E-state index contributed by atoms with van der Waals surface area (Å²) in [6, 6.07) is 7.10. The first kappa shape index (κ1) is 13.4. The quantitative estimate of drug-likeness (QED) is 0.851. The molecule has 0 atom stereocenters. The molecular weight excluding hydrogens is 268 g/mol.